The van der Waals surface area contributed by atoms with Crippen LogP contribution in [0.4, 0.5) is 10.1 Å². The molecule has 6 heteroatoms. The summed E-state index contributed by atoms with van der Waals surface area (Å²) in [7, 11) is 0. The van der Waals surface area contributed by atoms with Crippen molar-refractivity contribution in [3.05, 3.63) is 76.9 Å². The fourth-order valence-electron chi connectivity index (χ4n) is 2.36. The van der Waals surface area contributed by atoms with Crippen LogP contribution in [0.2, 0.25) is 0 Å². The fraction of sp³-hybridized carbons (Fsp3) is 0.158. The number of carbonyl (C=O) groups excluding carboxylic acids is 1. The van der Waals surface area contributed by atoms with Gasteiger partial charge < -0.3 is 14.6 Å². The molecule has 0 aliphatic heterocycles. The van der Waals surface area contributed by atoms with Gasteiger partial charge in [0.05, 0.1) is 5.56 Å². The molecular weight excluding hydrogens is 323 g/mol. The Labute approximate surface area is 144 Å². The van der Waals surface area contributed by atoms with Crippen LogP contribution in [0.1, 0.15) is 27.4 Å². The Bertz CT molecular complexity index is 905. The molecule has 3 rings (SSSR count). The number of aromatic nitrogens is 1. The van der Waals surface area contributed by atoms with Crippen LogP contribution in [0.5, 0.6) is 5.75 Å². The molecule has 0 fully saturated rings. The van der Waals surface area contributed by atoms with Gasteiger partial charge in [0.2, 0.25) is 0 Å². The van der Waals surface area contributed by atoms with Crippen molar-refractivity contribution in [2.75, 3.05) is 5.32 Å². The molecule has 5 nitrogen and oxygen atoms in total. The van der Waals surface area contributed by atoms with E-state index in [1.54, 1.807) is 13.0 Å². The summed E-state index contributed by atoms with van der Waals surface area (Å²) in [5, 5.41) is 6.41. The predicted molar refractivity (Wildman–Crippen MR) is 91.1 cm³/mol. The zero-order valence-electron chi connectivity index (χ0n) is 13.9. The third kappa shape index (κ3) is 3.85. The molecule has 0 aliphatic rings. The van der Waals surface area contributed by atoms with E-state index in [1.807, 2.05) is 31.2 Å². The highest BCUT2D eigenvalue weighted by Crippen LogP contribution is 2.21. The topological polar surface area (TPSA) is 64.4 Å². The molecule has 0 aliphatic carbocycles. The molecule has 0 radical (unpaired) electrons. The van der Waals surface area contributed by atoms with Crippen molar-refractivity contribution in [3.8, 4) is 5.75 Å². The largest absolute Gasteiger partial charge is 0.488 e. The van der Waals surface area contributed by atoms with Crippen molar-refractivity contribution < 1.29 is 18.4 Å². The number of carbonyl (C=O) groups is 1. The number of hydrogen-bond acceptors (Lipinski definition) is 4. The highest BCUT2D eigenvalue weighted by Gasteiger charge is 2.21. The lowest BCUT2D eigenvalue weighted by Crippen LogP contribution is -2.15. The minimum atomic E-state index is -0.481. The summed E-state index contributed by atoms with van der Waals surface area (Å²) < 4.78 is 24.2. The lowest BCUT2D eigenvalue weighted by Gasteiger charge is -2.09. The van der Waals surface area contributed by atoms with E-state index in [9.17, 15) is 9.18 Å². The number of anilines is 1. The van der Waals surface area contributed by atoms with E-state index in [-0.39, 0.29) is 12.3 Å². The second kappa shape index (κ2) is 7.17. The molecule has 0 saturated heterocycles. The van der Waals surface area contributed by atoms with E-state index >= 15 is 0 Å². The average molecular weight is 340 g/mol. The number of benzene rings is 2. The first-order valence-electron chi connectivity index (χ1n) is 7.75. The van der Waals surface area contributed by atoms with Gasteiger partial charge in [-0.05, 0) is 43.7 Å². The van der Waals surface area contributed by atoms with Crippen LogP contribution >= 0.6 is 0 Å². The van der Waals surface area contributed by atoms with Crippen molar-refractivity contribution in [2.45, 2.75) is 20.5 Å². The van der Waals surface area contributed by atoms with Gasteiger partial charge in [-0.15, -0.1) is 0 Å². The number of nitrogens with one attached hydrogen (secondary N) is 1. The van der Waals surface area contributed by atoms with Crippen molar-refractivity contribution in [3.63, 3.8) is 0 Å². The summed E-state index contributed by atoms with van der Waals surface area (Å²) in [6.07, 6.45) is 0. The van der Waals surface area contributed by atoms with E-state index in [4.69, 9.17) is 9.26 Å². The Morgan fingerprint density at radius 1 is 1.20 bits per heavy atom. The Balaban J connectivity index is 1.77. The minimum absolute atomic E-state index is 0.121. The maximum absolute atomic E-state index is 13.2. The van der Waals surface area contributed by atoms with E-state index in [2.05, 4.69) is 10.5 Å². The molecule has 0 bridgehead atoms. The third-order valence-electron chi connectivity index (χ3n) is 3.75. The third-order valence-corrected chi connectivity index (χ3v) is 3.75. The van der Waals surface area contributed by atoms with Crippen molar-refractivity contribution in [1.29, 1.82) is 0 Å². The molecule has 0 saturated carbocycles. The molecule has 25 heavy (non-hydrogen) atoms. The second-order valence-electron chi connectivity index (χ2n) is 5.58. The van der Waals surface area contributed by atoms with Crippen LogP contribution in [-0.2, 0) is 6.61 Å². The molecular formula is C19H17FN2O3. The van der Waals surface area contributed by atoms with E-state index < -0.39 is 11.7 Å². The van der Waals surface area contributed by atoms with E-state index in [0.29, 0.717) is 17.0 Å². The summed E-state index contributed by atoms with van der Waals surface area (Å²) in [6, 6.07) is 13.2. The molecule has 1 aromatic heterocycles. The van der Waals surface area contributed by atoms with Crippen LogP contribution in [0.3, 0.4) is 0 Å². The Morgan fingerprint density at radius 2 is 2.00 bits per heavy atom. The molecule has 1 heterocycles. The van der Waals surface area contributed by atoms with Crippen molar-refractivity contribution in [1.82, 2.24) is 5.16 Å². The summed E-state index contributed by atoms with van der Waals surface area (Å²) in [6.45, 7) is 3.79. The van der Waals surface area contributed by atoms with Gasteiger partial charge in [-0.3, -0.25) is 4.79 Å². The minimum Gasteiger partial charge on any atom is -0.488 e. The van der Waals surface area contributed by atoms with Gasteiger partial charge in [-0.25, -0.2) is 4.39 Å². The number of para-hydroxylation sites is 1. The summed E-state index contributed by atoms with van der Waals surface area (Å²) in [4.78, 5) is 12.4. The van der Waals surface area contributed by atoms with Crippen LogP contribution in [0.25, 0.3) is 0 Å². The average Bonchev–Trinajstić information content (AvgIpc) is 2.95. The Morgan fingerprint density at radius 3 is 2.76 bits per heavy atom. The summed E-state index contributed by atoms with van der Waals surface area (Å²) >= 11 is 0. The van der Waals surface area contributed by atoms with Crippen molar-refractivity contribution >= 4 is 11.6 Å². The highest BCUT2D eigenvalue weighted by molar-refractivity contribution is 6.03. The first kappa shape index (κ1) is 16.7. The van der Waals surface area contributed by atoms with Crippen LogP contribution in [-0.4, -0.2) is 11.1 Å². The first-order chi connectivity index (χ1) is 12.0. The van der Waals surface area contributed by atoms with Gasteiger partial charge in [-0.1, -0.05) is 29.4 Å². The highest BCUT2D eigenvalue weighted by atomic mass is 19.1. The van der Waals surface area contributed by atoms with Crippen LogP contribution < -0.4 is 10.1 Å². The number of nitrogens with zero attached hydrogens (tertiary/aromatic N) is 1. The SMILES string of the molecule is Cc1ccccc1OCc1c(C(=O)Nc2cccc(F)c2)noc1C. The van der Waals surface area contributed by atoms with Crippen LogP contribution in [0, 0.1) is 19.7 Å². The summed E-state index contributed by atoms with van der Waals surface area (Å²) in [5.74, 6) is 0.306. The summed E-state index contributed by atoms with van der Waals surface area (Å²) in [5.41, 5.74) is 2.01. The number of ether oxygens (including phenoxy) is 1. The lowest BCUT2D eigenvalue weighted by molar-refractivity contribution is 0.101. The standard InChI is InChI=1S/C19H17FN2O3/c1-12-6-3-4-9-17(12)24-11-16-13(2)25-22-18(16)19(23)21-15-8-5-7-14(20)10-15/h3-10H,11H2,1-2H3,(H,21,23). The Hall–Kier alpha value is -3.15. The second-order valence-corrected chi connectivity index (χ2v) is 5.58. The van der Waals surface area contributed by atoms with E-state index in [0.717, 1.165) is 11.3 Å². The quantitative estimate of drug-likeness (QED) is 0.754. The van der Waals surface area contributed by atoms with E-state index in [1.165, 1.54) is 18.2 Å². The van der Waals surface area contributed by atoms with Gasteiger partial charge >= 0.3 is 0 Å². The molecule has 128 valence electrons. The lowest BCUT2D eigenvalue weighted by atomic mass is 10.2. The maximum Gasteiger partial charge on any atom is 0.278 e. The zero-order valence-corrected chi connectivity index (χ0v) is 13.9. The number of amides is 1. The van der Waals surface area contributed by atoms with Gasteiger partial charge in [0.15, 0.2) is 5.69 Å². The monoisotopic (exact) mass is 340 g/mol. The van der Waals surface area contributed by atoms with Gasteiger partial charge in [-0.2, -0.15) is 0 Å². The molecule has 2 aromatic carbocycles. The number of halogens is 1. The molecule has 0 spiro atoms. The molecule has 1 N–H and O–H groups in total. The Kier molecular flexibility index (Phi) is 4.79. The maximum atomic E-state index is 13.2. The predicted octanol–water partition coefficient (Wildman–Crippen LogP) is 4.26. The zero-order chi connectivity index (χ0) is 17.8. The number of aryl methyl sites for hydroxylation is 2. The van der Waals surface area contributed by atoms with Crippen LogP contribution in [0.15, 0.2) is 53.1 Å². The fourth-order valence-corrected chi connectivity index (χ4v) is 2.36. The van der Waals surface area contributed by atoms with Crippen molar-refractivity contribution in [2.24, 2.45) is 0 Å². The smallest absolute Gasteiger partial charge is 0.278 e. The number of hydrogen-bond donors (Lipinski definition) is 1. The normalized spacial score (nSPS) is 10.5. The number of rotatable bonds is 5. The molecule has 0 unspecified atom stereocenters. The van der Waals surface area contributed by atoms with Gasteiger partial charge in [0, 0.05) is 5.69 Å². The molecule has 1 amide bonds. The molecule has 3 aromatic rings. The van der Waals surface area contributed by atoms with Gasteiger partial charge in [0.1, 0.15) is 23.9 Å². The van der Waals surface area contributed by atoms with Gasteiger partial charge in [0.25, 0.3) is 5.91 Å². The first-order valence-corrected chi connectivity index (χ1v) is 7.75. The molecule has 0 atom stereocenters.